The molecule has 1 heterocycles. The Labute approximate surface area is 138 Å². The average Bonchev–Trinajstić information content (AvgIpc) is 3.07. The SMILES string of the molecule is Cc1ccccc1C(=O)NCc1ccc(Oc2nccs2)cc1. The van der Waals surface area contributed by atoms with Gasteiger partial charge >= 0.3 is 0 Å². The number of ether oxygens (including phenoxy) is 1. The van der Waals surface area contributed by atoms with E-state index in [0.29, 0.717) is 17.3 Å². The van der Waals surface area contributed by atoms with Gasteiger partial charge in [-0.3, -0.25) is 4.79 Å². The summed E-state index contributed by atoms with van der Waals surface area (Å²) in [4.78, 5) is 16.2. The van der Waals surface area contributed by atoms with E-state index in [1.54, 1.807) is 6.20 Å². The molecule has 3 rings (SSSR count). The fourth-order valence-electron chi connectivity index (χ4n) is 2.14. The molecule has 0 atom stereocenters. The molecule has 4 nitrogen and oxygen atoms in total. The van der Waals surface area contributed by atoms with E-state index in [-0.39, 0.29) is 5.91 Å². The Morgan fingerprint density at radius 1 is 1.17 bits per heavy atom. The molecular weight excluding hydrogens is 308 g/mol. The van der Waals surface area contributed by atoms with Crippen LogP contribution in [0, 0.1) is 6.92 Å². The van der Waals surface area contributed by atoms with Crippen molar-refractivity contribution in [1.82, 2.24) is 10.3 Å². The first-order chi connectivity index (χ1) is 11.2. The maximum atomic E-state index is 12.2. The van der Waals surface area contributed by atoms with Crippen molar-refractivity contribution in [2.75, 3.05) is 0 Å². The number of carbonyl (C=O) groups excluding carboxylic acids is 1. The van der Waals surface area contributed by atoms with Crippen LogP contribution < -0.4 is 10.1 Å². The number of aromatic nitrogens is 1. The molecule has 1 aromatic heterocycles. The summed E-state index contributed by atoms with van der Waals surface area (Å²) in [6.45, 7) is 2.41. The third-order valence-electron chi connectivity index (χ3n) is 3.38. The number of carbonyl (C=O) groups is 1. The van der Waals surface area contributed by atoms with Crippen LogP contribution >= 0.6 is 11.3 Å². The van der Waals surface area contributed by atoms with E-state index in [0.717, 1.165) is 16.9 Å². The predicted molar refractivity (Wildman–Crippen MR) is 91.0 cm³/mol. The number of thiazole rings is 1. The van der Waals surface area contributed by atoms with E-state index in [9.17, 15) is 4.79 Å². The fraction of sp³-hybridized carbons (Fsp3) is 0.111. The Hall–Kier alpha value is -2.66. The number of rotatable bonds is 5. The molecule has 0 bridgehead atoms. The topological polar surface area (TPSA) is 51.2 Å². The van der Waals surface area contributed by atoms with E-state index < -0.39 is 0 Å². The molecule has 0 aliphatic rings. The van der Waals surface area contributed by atoms with Gasteiger partial charge in [0.1, 0.15) is 5.75 Å². The summed E-state index contributed by atoms with van der Waals surface area (Å²) in [6, 6.07) is 15.2. The molecule has 3 aromatic rings. The lowest BCUT2D eigenvalue weighted by Crippen LogP contribution is -2.23. The van der Waals surface area contributed by atoms with E-state index in [1.165, 1.54) is 11.3 Å². The Balaban J connectivity index is 1.58. The van der Waals surface area contributed by atoms with Crippen molar-refractivity contribution in [3.05, 3.63) is 76.8 Å². The highest BCUT2D eigenvalue weighted by molar-refractivity contribution is 7.11. The van der Waals surface area contributed by atoms with Gasteiger partial charge in [-0.25, -0.2) is 4.98 Å². The van der Waals surface area contributed by atoms with Crippen molar-refractivity contribution in [3.63, 3.8) is 0 Å². The molecule has 0 radical (unpaired) electrons. The van der Waals surface area contributed by atoms with Gasteiger partial charge in [0.15, 0.2) is 0 Å². The maximum Gasteiger partial charge on any atom is 0.278 e. The first kappa shape index (κ1) is 15.2. The summed E-state index contributed by atoms with van der Waals surface area (Å²) in [6.07, 6.45) is 1.70. The summed E-state index contributed by atoms with van der Waals surface area (Å²) < 4.78 is 5.60. The Bertz CT molecular complexity index is 783. The van der Waals surface area contributed by atoms with Crippen LogP contribution in [0.5, 0.6) is 10.9 Å². The fourth-order valence-corrected chi connectivity index (χ4v) is 2.65. The van der Waals surface area contributed by atoms with Crippen LogP contribution in [0.4, 0.5) is 0 Å². The van der Waals surface area contributed by atoms with Crippen LogP contribution in [0.2, 0.25) is 0 Å². The molecule has 0 spiro atoms. The molecule has 0 saturated carbocycles. The molecule has 1 N–H and O–H groups in total. The highest BCUT2D eigenvalue weighted by atomic mass is 32.1. The zero-order valence-electron chi connectivity index (χ0n) is 12.7. The normalized spacial score (nSPS) is 10.3. The molecule has 0 fully saturated rings. The Kier molecular flexibility index (Phi) is 4.68. The number of nitrogens with one attached hydrogen (secondary N) is 1. The smallest absolute Gasteiger partial charge is 0.278 e. The van der Waals surface area contributed by atoms with Crippen LogP contribution in [0.25, 0.3) is 0 Å². The van der Waals surface area contributed by atoms with Crippen molar-refractivity contribution in [2.24, 2.45) is 0 Å². The molecule has 5 heteroatoms. The van der Waals surface area contributed by atoms with Crippen molar-refractivity contribution < 1.29 is 9.53 Å². The molecule has 116 valence electrons. The first-order valence-electron chi connectivity index (χ1n) is 7.22. The standard InChI is InChI=1S/C18H16N2O2S/c1-13-4-2-3-5-16(13)17(21)20-12-14-6-8-15(9-7-14)22-18-19-10-11-23-18/h2-11H,12H2,1H3,(H,20,21). The van der Waals surface area contributed by atoms with Crippen LogP contribution in [-0.2, 0) is 6.54 Å². The van der Waals surface area contributed by atoms with Gasteiger partial charge in [-0.1, -0.05) is 41.7 Å². The molecule has 2 aromatic carbocycles. The van der Waals surface area contributed by atoms with Crippen molar-refractivity contribution in [1.29, 1.82) is 0 Å². The largest absolute Gasteiger partial charge is 0.431 e. The number of amides is 1. The summed E-state index contributed by atoms with van der Waals surface area (Å²) in [5.41, 5.74) is 2.69. The number of hydrogen-bond donors (Lipinski definition) is 1. The molecule has 0 aliphatic heterocycles. The number of hydrogen-bond acceptors (Lipinski definition) is 4. The van der Waals surface area contributed by atoms with E-state index in [1.807, 2.05) is 60.8 Å². The second-order valence-corrected chi connectivity index (χ2v) is 5.90. The van der Waals surface area contributed by atoms with Crippen molar-refractivity contribution in [2.45, 2.75) is 13.5 Å². The van der Waals surface area contributed by atoms with Gasteiger partial charge in [0, 0.05) is 23.7 Å². The third-order valence-corrected chi connectivity index (χ3v) is 4.03. The van der Waals surface area contributed by atoms with Crippen LogP contribution in [0.15, 0.2) is 60.1 Å². The minimum Gasteiger partial charge on any atom is -0.431 e. The molecule has 0 aliphatic carbocycles. The molecule has 23 heavy (non-hydrogen) atoms. The van der Waals surface area contributed by atoms with E-state index in [2.05, 4.69) is 10.3 Å². The lowest BCUT2D eigenvalue weighted by molar-refractivity contribution is 0.0950. The highest BCUT2D eigenvalue weighted by Gasteiger charge is 2.07. The summed E-state index contributed by atoms with van der Waals surface area (Å²) >= 11 is 1.44. The minimum absolute atomic E-state index is 0.0637. The van der Waals surface area contributed by atoms with E-state index in [4.69, 9.17) is 4.74 Å². The summed E-state index contributed by atoms with van der Waals surface area (Å²) in [5, 5.41) is 5.41. The maximum absolute atomic E-state index is 12.2. The van der Waals surface area contributed by atoms with Gasteiger partial charge in [0.05, 0.1) is 0 Å². The second-order valence-electron chi connectivity index (χ2n) is 5.04. The van der Waals surface area contributed by atoms with Gasteiger partial charge in [-0.2, -0.15) is 0 Å². The lowest BCUT2D eigenvalue weighted by atomic mass is 10.1. The molecule has 0 unspecified atom stereocenters. The Morgan fingerprint density at radius 2 is 1.96 bits per heavy atom. The van der Waals surface area contributed by atoms with Crippen molar-refractivity contribution in [3.8, 4) is 10.9 Å². The van der Waals surface area contributed by atoms with Gasteiger partial charge in [-0.05, 0) is 36.2 Å². The second kappa shape index (κ2) is 7.07. The van der Waals surface area contributed by atoms with Crippen LogP contribution in [0.1, 0.15) is 21.5 Å². The quantitative estimate of drug-likeness (QED) is 0.766. The molecular formula is C18H16N2O2S. The summed E-state index contributed by atoms with van der Waals surface area (Å²) in [5.74, 6) is 0.667. The van der Waals surface area contributed by atoms with Crippen LogP contribution in [-0.4, -0.2) is 10.9 Å². The highest BCUT2D eigenvalue weighted by Crippen LogP contribution is 2.23. The van der Waals surface area contributed by atoms with E-state index >= 15 is 0 Å². The Morgan fingerprint density at radius 3 is 2.65 bits per heavy atom. The van der Waals surface area contributed by atoms with Gasteiger partial charge in [0.25, 0.3) is 11.1 Å². The molecule has 0 saturated heterocycles. The number of nitrogens with zero attached hydrogens (tertiary/aromatic N) is 1. The average molecular weight is 324 g/mol. The number of aryl methyl sites for hydroxylation is 1. The predicted octanol–water partition coefficient (Wildman–Crippen LogP) is 4.17. The minimum atomic E-state index is -0.0637. The first-order valence-corrected chi connectivity index (χ1v) is 8.10. The summed E-state index contributed by atoms with van der Waals surface area (Å²) in [7, 11) is 0. The zero-order chi connectivity index (χ0) is 16.1. The number of benzene rings is 2. The molecule has 1 amide bonds. The monoisotopic (exact) mass is 324 g/mol. The van der Waals surface area contributed by atoms with Crippen molar-refractivity contribution >= 4 is 17.2 Å². The van der Waals surface area contributed by atoms with Gasteiger partial charge < -0.3 is 10.1 Å². The van der Waals surface area contributed by atoms with Crippen LogP contribution in [0.3, 0.4) is 0 Å². The zero-order valence-corrected chi connectivity index (χ0v) is 13.5. The lowest BCUT2D eigenvalue weighted by Gasteiger charge is -2.08. The third kappa shape index (κ3) is 3.96. The van der Waals surface area contributed by atoms with Gasteiger partial charge in [-0.15, -0.1) is 0 Å². The van der Waals surface area contributed by atoms with Gasteiger partial charge in [0.2, 0.25) is 0 Å².